The minimum absolute atomic E-state index is 0.179. The Morgan fingerprint density at radius 2 is 1.70 bits per heavy atom. The van der Waals surface area contributed by atoms with Gasteiger partial charge in [-0.3, -0.25) is 0 Å². The van der Waals surface area contributed by atoms with E-state index in [1.807, 2.05) is 20.8 Å². The molecule has 0 spiro atoms. The molecule has 1 aliphatic heterocycles. The highest BCUT2D eigenvalue weighted by Crippen LogP contribution is 2.20. The van der Waals surface area contributed by atoms with Crippen molar-refractivity contribution < 1.29 is 19.1 Å². The van der Waals surface area contributed by atoms with Crippen LogP contribution in [0.4, 0.5) is 0 Å². The summed E-state index contributed by atoms with van der Waals surface area (Å²) in [5.41, 5.74) is 1.55. The van der Waals surface area contributed by atoms with Gasteiger partial charge >= 0.3 is 11.9 Å². The molecular formula is C15H23NO4. The van der Waals surface area contributed by atoms with Crippen molar-refractivity contribution in [2.75, 3.05) is 13.2 Å². The molecule has 0 aromatic heterocycles. The number of allylic oxidation sites excluding steroid dienone is 1. The first-order valence-corrected chi connectivity index (χ1v) is 7.04. The SMILES string of the molecule is CCCOC(=O)C1=CC(C(=O)OCCC)=C(C)NC1C. The summed E-state index contributed by atoms with van der Waals surface area (Å²) < 4.78 is 10.2. The van der Waals surface area contributed by atoms with Gasteiger partial charge in [0, 0.05) is 5.70 Å². The van der Waals surface area contributed by atoms with Crippen LogP contribution in [0.5, 0.6) is 0 Å². The summed E-state index contributed by atoms with van der Waals surface area (Å²) in [5, 5.41) is 3.10. The predicted molar refractivity (Wildman–Crippen MR) is 75.9 cm³/mol. The molecule has 1 atom stereocenters. The van der Waals surface area contributed by atoms with Gasteiger partial charge in [-0.2, -0.15) is 0 Å². The fraction of sp³-hybridized carbons (Fsp3) is 0.600. The van der Waals surface area contributed by atoms with Gasteiger partial charge in [0.2, 0.25) is 0 Å². The molecule has 0 aromatic carbocycles. The highest BCUT2D eigenvalue weighted by molar-refractivity contribution is 5.98. The Kier molecular flexibility index (Phi) is 6.28. The summed E-state index contributed by atoms with van der Waals surface area (Å²) in [5.74, 6) is -0.801. The van der Waals surface area contributed by atoms with Gasteiger partial charge in [0.15, 0.2) is 0 Å². The third kappa shape index (κ3) is 4.11. The molecule has 5 heteroatoms. The lowest BCUT2D eigenvalue weighted by molar-refractivity contribution is -0.139. The summed E-state index contributed by atoms with van der Waals surface area (Å²) in [7, 11) is 0. The van der Waals surface area contributed by atoms with Gasteiger partial charge in [0.1, 0.15) is 0 Å². The van der Waals surface area contributed by atoms with Crippen LogP contribution in [0.15, 0.2) is 22.9 Å². The van der Waals surface area contributed by atoms with E-state index in [1.165, 1.54) is 0 Å². The lowest BCUT2D eigenvalue weighted by Crippen LogP contribution is -2.35. The van der Waals surface area contributed by atoms with Crippen LogP contribution in [0.25, 0.3) is 0 Å². The molecule has 0 aliphatic carbocycles. The third-order valence-electron chi connectivity index (χ3n) is 2.93. The maximum Gasteiger partial charge on any atom is 0.339 e. The Morgan fingerprint density at radius 3 is 2.25 bits per heavy atom. The fourth-order valence-electron chi connectivity index (χ4n) is 1.87. The van der Waals surface area contributed by atoms with E-state index in [4.69, 9.17) is 9.47 Å². The van der Waals surface area contributed by atoms with Crippen molar-refractivity contribution in [2.45, 2.75) is 46.6 Å². The Hall–Kier alpha value is -1.78. The molecule has 112 valence electrons. The van der Waals surface area contributed by atoms with E-state index >= 15 is 0 Å². The van der Waals surface area contributed by atoms with Gasteiger partial charge in [-0.15, -0.1) is 0 Å². The zero-order valence-electron chi connectivity index (χ0n) is 12.6. The maximum absolute atomic E-state index is 12.0. The van der Waals surface area contributed by atoms with Gasteiger partial charge in [0.05, 0.1) is 30.4 Å². The molecule has 0 aromatic rings. The number of carbonyl (C=O) groups excluding carboxylic acids is 2. The highest BCUT2D eigenvalue weighted by atomic mass is 16.5. The third-order valence-corrected chi connectivity index (χ3v) is 2.93. The molecule has 1 N–H and O–H groups in total. The van der Waals surface area contributed by atoms with E-state index in [0.29, 0.717) is 30.1 Å². The molecule has 1 heterocycles. The second kappa shape index (κ2) is 7.72. The Bertz CT molecular complexity index is 437. The van der Waals surface area contributed by atoms with Crippen molar-refractivity contribution in [3.8, 4) is 0 Å². The van der Waals surface area contributed by atoms with Gasteiger partial charge in [-0.25, -0.2) is 9.59 Å². The number of dihydropyridines is 1. The van der Waals surface area contributed by atoms with E-state index < -0.39 is 5.97 Å². The largest absolute Gasteiger partial charge is 0.462 e. The van der Waals surface area contributed by atoms with Crippen LogP contribution in [0.2, 0.25) is 0 Å². The molecule has 0 bridgehead atoms. The van der Waals surface area contributed by atoms with Crippen LogP contribution >= 0.6 is 0 Å². The first-order valence-electron chi connectivity index (χ1n) is 7.04. The van der Waals surface area contributed by atoms with Crippen LogP contribution in [-0.2, 0) is 19.1 Å². The molecule has 0 radical (unpaired) electrons. The van der Waals surface area contributed by atoms with Crippen molar-refractivity contribution >= 4 is 11.9 Å². The molecule has 0 saturated heterocycles. The number of ether oxygens (including phenoxy) is 2. The van der Waals surface area contributed by atoms with Crippen LogP contribution in [0.3, 0.4) is 0 Å². The summed E-state index contributed by atoms with van der Waals surface area (Å²) in [6.07, 6.45) is 3.10. The van der Waals surface area contributed by atoms with Crippen molar-refractivity contribution in [3.05, 3.63) is 22.9 Å². The lowest BCUT2D eigenvalue weighted by Gasteiger charge is -2.24. The van der Waals surface area contributed by atoms with E-state index in [2.05, 4.69) is 5.32 Å². The number of nitrogens with one attached hydrogen (secondary N) is 1. The Labute approximate surface area is 120 Å². The van der Waals surface area contributed by atoms with Crippen LogP contribution in [-0.4, -0.2) is 31.2 Å². The van der Waals surface area contributed by atoms with Crippen molar-refractivity contribution in [3.63, 3.8) is 0 Å². The fourth-order valence-corrected chi connectivity index (χ4v) is 1.87. The molecule has 0 amide bonds. The van der Waals surface area contributed by atoms with Crippen molar-refractivity contribution in [2.24, 2.45) is 0 Å². The Balaban J connectivity index is 2.89. The number of esters is 2. The molecule has 20 heavy (non-hydrogen) atoms. The first kappa shape index (κ1) is 16.3. The summed E-state index contributed by atoms with van der Waals surface area (Å²) in [6, 6.07) is -0.179. The standard InChI is InChI=1S/C15H23NO4/c1-5-7-19-14(17)12-9-13(11(4)16-10(12)3)15(18)20-8-6-2/h9-10,16H,5-8H2,1-4H3. The van der Waals surface area contributed by atoms with E-state index in [0.717, 1.165) is 12.8 Å². The number of carbonyl (C=O) groups is 2. The molecule has 5 nitrogen and oxygen atoms in total. The molecular weight excluding hydrogens is 258 g/mol. The summed E-state index contributed by atoms with van der Waals surface area (Å²) in [4.78, 5) is 23.9. The van der Waals surface area contributed by atoms with Gasteiger partial charge < -0.3 is 14.8 Å². The quantitative estimate of drug-likeness (QED) is 0.755. The topological polar surface area (TPSA) is 64.6 Å². The van der Waals surface area contributed by atoms with Crippen LogP contribution < -0.4 is 5.32 Å². The van der Waals surface area contributed by atoms with Crippen molar-refractivity contribution in [1.29, 1.82) is 0 Å². The van der Waals surface area contributed by atoms with Crippen LogP contribution in [0, 0.1) is 0 Å². The van der Waals surface area contributed by atoms with Crippen molar-refractivity contribution in [1.82, 2.24) is 5.32 Å². The van der Waals surface area contributed by atoms with E-state index in [1.54, 1.807) is 13.0 Å². The summed E-state index contributed by atoms with van der Waals surface area (Å²) >= 11 is 0. The highest BCUT2D eigenvalue weighted by Gasteiger charge is 2.26. The minimum Gasteiger partial charge on any atom is -0.462 e. The second-order valence-corrected chi connectivity index (χ2v) is 4.78. The number of hydrogen-bond acceptors (Lipinski definition) is 5. The molecule has 0 fully saturated rings. The minimum atomic E-state index is -0.412. The monoisotopic (exact) mass is 281 g/mol. The maximum atomic E-state index is 12.0. The second-order valence-electron chi connectivity index (χ2n) is 4.78. The zero-order chi connectivity index (χ0) is 15.1. The smallest absolute Gasteiger partial charge is 0.339 e. The first-order chi connectivity index (χ1) is 9.51. The average molecular weight is 281 g/mol. The molecule has 1 rings (SSSR count). The Morgan fingerprint density at radius 1 is 1.15 bits per heavy atom. The van der Waals surface area contributed by atoms with E-state index in [9.17, 15) is 9.59 Å². The lowest BCUT2D eigenvalue weighted by atomic mass is 9.99. The molecule has 1 unspecified atom stereocenters. The number of hydrogen-bond donors (Lipinski definition) is 1. The van der Waals surface area contributed by atoms with Gasteiger partial charge in [0.25, 0.3) is 0 Å². The number of rotatable bonds is 6. The summed E-state index contributed by atoms with van der Waals surface area (Å²) in [6.45, 7) is 8.26. The molecule has 1 aliphatic rings. The predicted octanol–water partition coefficient (Wildman–Crippen LogP) is 2.08. The molecule has 0 saturated carbocycles. The van der Waals surface area contributed by atoms with Crippen LogP contribution in [0.1, 0.15) is 40.5 Å². The van der Waals surface area contributed by atoms with Gasteiger partial charge in [-0.05, 0) is 32.8 Å². The normalized spacial score (nSPS) is 18.2. The van der Waals surface area contributed by atoms with E-state index in [-0.39, 0.29) is 12.0 Å². The average Bonchev–Trinajstić information content (AvgIpc) is 2.42. The van der Waals surface area contributed by atoms with Gasteiger partial charge in [-0.1, -0.05) is 13.8 Å². The zero-order valence-corrected chi connectivity index (χ0v) is 12.6.